The van der Waals surface area contributed by atoms with Gasteiger partial charge in [0, 0.05) is 24.5 Å². The van der Waals surface area contributed by atoms with E-state index in [0.717, 1.165) is 34.1 Å². The maximum absolute atomic E-state index is 13.4. The summed E-state index contributed by atoms with van der Waals surface area (Å²) < 4.78 is 1.48. The number of aryl methyl sites for hydroxylation is 1. The Hall–Kier alpha value is -3.66. The van der Waals surface area contributed by atoms with Gasteiger partial charge in [0.05, 0.1) is 0 Å². The Kier molecular flexibility index (Phi) is 5.48. The van der Waals surface area contributed by atoms with E-state index in [1.54, 1.807) is 7.05 Å². The van der Waals surface area contributed by atoms with Crippen molar-refractivity contribution in [1.29, 1.82) is 0 Å². The highest BCUT2D eigenvalue weighted by molar-refractivity contribution is 6.08. The van der Waals surface area contributed by atoms with Gasteiger partial charge < -0.3 is 9.88 Å². The van der Waals surface area contributed by atoms with E-state index in [9.17, 15) is 9.59 Å². The van der Waals surface area contributed by atoms with Crippen LogP contribution in [0.4, 0.5) is 0 Å². The van der Waals surface area contributed by atoms with Crippen molar-refractivity contribution >= 4 is 16.7 Å². The first-order valence-corrected chi connectivity index (χ1v) is 10.1. The zero-order valence-corrected chi connectivity index (χ0v) is 17.2. The lowest BCUT2D eigenvalue weighted by Crippen LogP contribution is -2.32. The van der Waals surface area contributed by atoms with E-state index in [4.69, 9.17) is 0 Å². The highest BCUT2D eigenvalue weighted by Crippen LogP contribution is 2.33. The van der Waals surface area contributed by atoms with Gasteiger partial charge in [0.1, 0.15) is 5.69 Å². The molecular formula is C26H24N2O2. The Morgan fingerprint density at radius 1 is 0.867 bits per heavy atom. The van der Waals surface area contributed by atoms with Crippen LogP contribution in [0.3, 0.4) is 0 Å². The number of aromatic nitrogens is 1. The number of fused-ring (bicyclic) bond motifs is 1. The van der Waals surface area contributed by atoms with Gasteiger partial charge in [-0.05, 0) is 34.6 Å². The molecule has 1 heterocycles. The van der Waals surface area contributed by atoms with Gasteiger partial charge in [0.25, 0.3) is 11.5 Å². The molecule has 150 valence electrons. The number of carbonyl (C=O) groups excluding carboxylic acids is 1. The maximum Gasteiger partial charge on any atom is 0.268 e. The molecule has 0 unspecified atom stereocenters. The molecule has 4 rings (SSSR count). The van der Waals surface area contributed by atoms with Crippen molar-refractivity contribution in [3.8, 4) is 11.1 Å². The number of pyridine rings is 1. The molecule has 4 nitrogen and oxygen atoms in total. The number of carbonyl (C=O) groups is 1. The number of nitrogens with one attached hydrogen (secondary N) is 1. The molecular weight excluding hydrogens is 372 g/mol. The van der Waals surface area contributed by atoms with Crippen LogP contribution in [0.1, 0.15) is 28.5 Å². The largest absolute Gasteiger partial charge is 0.347 e. The topological polar surface area (TPSA) is 51.1 Å². The smallest absolute Gasteiger partial charge is 0.268 e. The van der Waals surface area contributed by atoms with Gasteiger partial charge in [0.15, 0.2) is 0 Å². The second-order valence-electron chi connectivity index (χ2n) is 7.31. The molecule has 0 aliphatic heterocycles. The molecule has 1 aromatic heterocycles. The van der Waals surface area contributed by atoms with Crippen molar-refractivity contribution in [3.05, 3.63) is 106 Å². The van der Waals surface area contributed by atoms with E-state index in [0.29, 0.717) is 17.6 Å². The SMILES string of the molecule is CCc1ccccc1-c1c(C(=O)NCc2ccccc2)n(C)c(=O)c2ccccc12. The van der Waals surface area contributed by atoms with Crippen LogP contribution in [0.5, 0.6) is 0 Å². The minimum absolute atomic E-state index is 0.173. The highest BCUT2D eigenvalue weighted by Gasteiger charge is 2.22. The van der Waals surface area contributed by atoms with E-state index in [1.807, 2.05) is 72.8 Å². The summed E-state index contributed by atoms with van der Waals surface area (Å²) in [4.78, 5) is 26.4. The number of amides is 1. The standard InChI is InChI=1S/C26H24N2O2/c1-3-19-13-7-8-14-20(19)23-21-15-9-10-16-22(21)26(30)28(2)24(23)25(29)27-17-18-11-5-4-6-12-18/h4-16H,3,17H2,1-2H3,(H,27,29). The fourth-order valence-corrected chi connectivity index (χ4v) is 3.94. The summed E-state index contributed by atoms with van der Waals surface area (Å²) in [5.41, 5.74) is 4.14. The highest BCUT2D eigenvalue weighted by atomic mass is 16.2. The van der Waals surface area contributed by atoms with Crippen LogP contribution in [-0.4, -0.2) is 10.5 Å². The monoisotopic (exact) mass is 396 g/mol. The molecule has 0 aliphatic carbocycles. The number of hydrogen-bond donors (Lipinski definition) is 1. The van der Waals surface area contributed by atoms with Gasteiger partial charge in [-0.1, -0.05) is 79.7 Å². The molecule has 4 heteroatoms. The summed E-state index contributed by atoms with van der Waals surface area (Å²) in [6.45, 7) is 2.49. The summed E-state index contributed by atoms with van der Waals surface area (Å²) >= 11 is 0. The third-order valence-corrected chi connectivity index (χ3v) is 5.48. The van der Waals surface area contributed by atoms with Gasteiger partial charge in [-0.2, -0.15) is 0 Å². The molecule has 0 radical (unpaired) electrons. The number of nitrogens with zero attached hydrogens (tertiary/aromatic N) is 1. The third-order valence-electron chi connectivity index (χ3n) is 5.48. The van der Waals surface area contributed by atoms with Crippen molar-refractivity contribution in [2.75, 3.05) is 0 Å². The van der Waals surface area contributed by atoms with Crippen LogP contribution in [0.2, 0.25) is 0 Å². The molecule has 0 saturated heterocycles. The number of benzene rings is 3. The minimum Gasteiger partial charge on any atom is -0.347 e. The fraction of sp³-hybridized carbons (Fsp3) is 0.154. The van der Waals surface area contributed by atoms with Crippen molar-refractivity contribution in [3.63, 3.8) is 0 Å². The quantitative estimate of drug-likeness (QED) is 0.532. The third kappa shape index (κ3) is 3.52. The molecule has 0 spiro atoms. The Morgan fingerprint density at radius 2 is 1.50 bits per heavy atom. The Balaban J connectivity index is 1.93. The number of hydrogen-bond acceptors (Lipinski definition) is 2. The Morgan fingerprint density at radius 3 is 2.23 bits per heavy atom. The second-order valence-corrected chi connectivity index (χ2v) is 7.31. The van der Waals surface area contributed by atoms with Crippen molar-refractivity contribution in [2.24, 2.45) is 7.05 Å². The first-order valence-electron chi connectivity index (χ1n) is 10.1. The molecule has 3 aromatic carbocycles. The van der Waals surface area contributed by atoms with Crippen LogP contribution < -0.4 is 10.9 Å². The predicted octanol–water partition coefficient (Wildman–Crippen LogP) is 4.70. The van der Waals surface area contributed by atoms with E-state index in [-0.39, 0.29) is 11.5 Å². The average Bonchev–Trinajstić information content (AvgIpc) is 2.80. The summed E-state index contributed by atoms with van der Waals surface area (Å²) in [6.07, 6.45) is 0.832. The minimum atomic E-state index is -0.259. The molecule has 4 aromatic rings. The lowest BCUT2D eigenvalue weighted by molar-refractivity contribution is 0.0942. The first-order chi connectivity index (χ1) is 14.6. The van der Waals surface area contributed by atoms with Crippen LogP contribution in [-0.2, 0) is 20.0 Å². The van der Waals surface area contributed by atoms with E-state index >= 15 is 0 Å². The van der Waals surface area contributed by atoms with Crippen molar-refractivity contribution in [2.45, 2.75) is 19.9 Å². The molecule has 30 heavy (non-hydrogen) atoms. The Bertz CT molecular complexity index is 1270. The lowest BCUT2D eigenvalue weighted by atomic mass is 9.92. The van der Waals surface area contributed by atoms with E-state index in [2.05, 4.69) is 18.3 Å². The summed E-state index contributed by atoms with van der Waals surface area (Å²) in [5, 5.41) is 4.41. The van der Waals surface area contributed by atoms with E-state index < -0.39 is 0 Å². The van der Waals surface area contributed by atoms with Crippen molar-refractivity contribution in [1.82, 2.24) is 9.88 Å². The molecule has 0 aliphatic rings. The summed E-state index contributed by atoms with van der Waals surface area (Å²) in [7, 11) is 1.67. The molecule has 0 atom stereocenters. The molecule has 1 N–H and O–H groups in total. The van der Waals surface area contributed by atoms with Gasteiger partial charge in [-0.15, -0.1) is 0 Å². The second kappa shape index (κ2) is 8.37. The maximum atomic E-state index is 13.4. The zero-order chi connectivity index (χ0) is 21.1. The van der Waals surface area contributed by atoms with Gasteiger partial charge in [0.2, 0.25) is 0 Å². The number of rotatable bonds is 5. The van der Waals surface area contributed by atoms with E-state index in [1.165, 1.54) is 4.57 Å². The van der Waals surface area contributed by atoms with Crippen LogP contribution in [0, 0.1) is 0 Å². The first kappa shape index (κ1) is 19.6. The summed E-state index contributed by atoms with van der Waals surface area (Å²) in [5.74, 6) is -0.259. The predicted molar refractivity (Wildman–Crippen MR) is 122 cm³/mol. The molecule has 0 bridgehead atoms. The van der Waals surface area contributed by atoms with Crippen LogP contribution in [0.15, 0.2) is 83.7 Å². The fourth-order valence-electron chi connectivity index (χ4n) is 3.94. The van der Waals surface area contributed by atoms with Crippen LogP contribution in [0.25, 0.3) is 21.9 Å². The van der Waals surface area contributed by atoms with Gasteiger partial charge >= 0.3 is 0 Å². The average molecular weight is 396 g/mol. The van der Waals surface area contributed by atoms with Crippen molar-refractivity contribution < 1.29 is 4.79 Å². The zero-order valence-electron chi connectivity index (χ0n) is 17.2. The lowest BCUT2D eigenvalue weighted by Gasteiger charge is -2.19. The Labute approximate surface area is 175 Å². The normalized spacial score (nSPS) is 10.9. The van der Waals surface area contributed by atoms with Gasteiger partial charge in [-0.25, -0.2) is 0 Å². The summed E-state index contributed by atoms with van der Waals surface area (Å²) in [6, 6.07) is 25.3. The molecule has 0 fully saturated rings. The molecule has 1 amide bonds. The molecule has 0 saturated carbocycles. The van der Waals surface area contributed by atoms with Gasteiger partial charge in [-0.3, -0.25) is 9.59 Å². The van der Waals surface area contributed by atoms with Crippen LogP contribution >= 0.6 is 0 Å².